The maximum atomic E-state index is 12.3. The van der Waals surface area contributed by atoms with Crippen LogP contribution < -0.4 is 11.1 Å². The van der Waals surface area contributed by atoms with Gasteiger partial charge in [0.2, 0.25) is 17.7 Å². The molecule has 1 aliphatic heterocycles. The summed E-state index contributed by atoms with van der Waals surface area (Å²) in [6.07, 6.45) is 0. The summed E-state index contributed by atoms with van der Waals surface area (Å²) in [7, 11) is 0. The van der Waals surface area contributed by atoms with Crippen molar-refractivity contribution in [3.63, 3.8) is 0 Å². The van der Waals surface area contributed by atoms with Crippen molar-refractivity contribution in [1.29, 1.82) is 0 Å². The molecule has 1 unspecified atom stereocenters. The monoisotopic (exact) mass is 352 g/mol. The van der Waals surface area contributed by atoms with E-state index in [4.69, 9.17) is 10.3 Å². The van der Waals surface area contributed by atoms with Crippen LogP contribution in [0.25, 0.3) is 0 Å². The fourth-order valence-corrected chi connectivity index (χ4v) is 2.69. The zero-order valence-electron chi connectivity index (χ0n) is 15.4. The predicted molar refractivity (Wildman–Crippen MR) is 91.4 cm³/mol. The van der Waals surface area contributed by atoms with Crippen LogP contribution in [0.15, 0.2) is 4.52 Å². The van der Waals surface area contributed by atoms with E-state index in [1.54, 1.807) is 11.8 Å². The van der Waals surface area contributed by atoms with Crippen molar-refractivity contribution in [3.8, 4) is 0 Å². The number of nitrogens with zero attached hydrogens (tertiary/aromatic N) is 4. The van der Waals surface area contributed by atoms with Crippen molar-refractivity contribution < 1.29 is 14.1 Å². The molecule has 1 aromatic rings. The van der Waals surface area contributed by atoms with E-state index >= 15 is 0 Å². The molecule has 1 saturated heterocycles. The van der Waals surface area contributed by atoms with Gasteiger partial charge in [0.15, 0.2) is 5.82 Å². The molecule has 2 heterocycles. The van der Waals surface area contributed by atoms with Crippen molar-refractivity contribution in [2.24, 2.45) is 11.7 Å². The number of hydrogen-bond donors (Lipinski definition) is 2. The number of aromatic nitrogens is 2. The molecule has 25 heavy (non-hydrogen) atoms. The zero-order chi connectivity index (χ0) is 18.6. The van der Waals surface area contributed by atoms with Gasteiger partial charge in [0.1, 0.15) is 0 Å². The highest BCUT2D eigenvalue weighted by Crippen LogP contribution is 2.19. The number of hydrogen-bond acceptors (Lipinski definition) is 7. The molecule has 0 radical (unpaired) electrons. The molecule has 0 aliphatic carbocycles. The van der Waals surface area contributed by atoms with E-state index in [2.05, 4.69) is 20.4 Å². The van der Waals surface area contributed by atoms with E-state index in [1.807, 2.05) is 20.8 Å². The number of aryl methyl sites for hydroxylation is 1. The third kappa shape index (κ3) is 4.99. The minimum Gasteiger partial charge on any atom is -0.346 e. The Balaban J connectivity index is 1.77. The highest BCUT2D eigenvalue weighted by atomic mass is 16.5. The lowest BCUT2D eigenvalue weighted by Gasteiger charge is -2.36. The molecule has 0 spiro atoms. The Hall–Kier alpha value is -2.00. The Morgan fingerprint density at radius 3 is 2.40 bits per heavy atom. The Kier molecular flexibility index (Phi) is 6.49. The molecule has 2 rings (SSSR count). The molecule has 2 amide bonds. The van der Waals surface area contributed by atoms with Crippen LogP contribution >= 0.6 is 0 Å². The quantitative estimate of drug-likeness (QED) is 0.720. The summed E-state index contributed by atoms with van der Waals surface area (Å²) >= 11 is 0. The summed E-state index contributed by atoms with van der Waals surface area (Å²) in [4.78, 5) is 32.3. The normalized spacial score (nSPS) is 18.2. The Labute approximate surface area is 147 Å². The topological polar surface area (TPSA) is 118 Å². The van der Waals surface area contributed by atoms with Gasteiger partial charge in [-0.2, -0.15) is 4.98 Å². The van der Waals surface area contributed by atoms with E-state index in [0.29, 0.717) is 37.9 Å². The first-order chi connectivity index (χ1) is 11.8. The summed E-state index contributed by atoms with van der Waals surface area (Å²) in [5.74, 6) is 0.860. The van der Waals surface area contributed by atoms with Crippen LogP contribution in [0, 0.1) is 12.8 Å². The summed E-state index contributed by atoms with van der Waals surface area (Å²) in [5.41, 5.74) is 5.77. The summed E-state index contributed by atoms with van der Waals surface area (Å²) in [5, 5.41) is 6.44. The van der Waals surface area contributed by atoms with Crippen LogP contribution in [0.3, 0.4) is 0 Å². The van der Waals surface area contributed by atoms with E-state index in [0.717, 1.165) is 0 Å². The number of rotatable bonds is 6. The third-order valence-corrected chi connectivity index (χ3v) is 4.55. The van der Waals surface area contributed by atoms with Crippen LogP contribution in [0.4, 0.5) is 0 Å². The molecule has 0 bridgehead atoms. The highest BCUT2D eigenvalue weighted by Gasteiger charge is 2.27. The van der Waals surface area contributed by atoms with Crippen LogP contribution in [0.2, 0.25) is 0 Å². The minimum atomic E-state index is -0.594. The molecule has 3 N–H and O–H groups in total. The fraction of sp³-hybridized carbons (Fsp3) is 0.750. The molecule has 1 fully saturated rings. The van der Waals surface area contributed by atoms with Gasteiger partial charge in [-0.3, -0.25) is 14.5 Å². The smallest absolute Gasteiger partial charge is 0.243 e. The minimum absolute atomic E-state index is 0.0159. The zero-order valence-corrected chi connectivity index (χ0v) is 15.4. The summed E-state index contributed by atoms with van der Waals surface area (Å²) < 4.78 is 5.22. The van der Waals surface area contributed by atoms with Gasteiger partial charge in [-0.1, -0.05) is 19.0 Å². The van der Waals surface area contributed by atoms with Crippen LogP contribution in [0.1, 0.15) is 38.5 Å². The maximum absolute atomic E-state index is 12.3. The number of carbonyl (C=O) groups excluding carboxylic acids is 2. The average molecular weight is 352 g/mol. The van der Waals surface area contributed by atoms with Crippen LogP contribution in [0.5, 0.6) is 0 Å². The van der Waals surface area contributed by atoms with Gasteiger partial charge in [-0.15, -0.1) is 0 Å². The van der Waals surface area contributed by atoms with Gasteiger partial charge in [0.25, 0.3) is 0 Å². The second kappa shape index (κ2) is 8.39. The molecule has 2 atom stereocenters. The highest BCUT2D eigenvalue weighted by molar-refractivity contribution is 5.87. The van der Waals surface area contributed by atoms with Gasteiger partial charge in [-0.25, -0.2) is 0 Å². The molecule has 140 valence electrons. The molecule has 1 aromatic heterocycles. The van der Waals surface area contributed by atoms with Crippen molar-refractivity contribution in [2.75, 3.05) is 32.7 Å². The molecule has 1 aliphatic rings. The van der Waals surface area contributed by atoms with Crippen molar-refractivity contribution >= 4 is 11.8 Å². The lowest BCUT2D eigenvalue weighted by molar-refractivity contribution is -0.135. The van der Waals surface area contributed by atoms with Gasteiger partial charge >= 0.3 is 0 Å². The predicted octanol–water partition coefficient (Wildman–Crippen LogP) is -0.317. The van der Waals surface area contributed by atoms with Gasteiger partial charge in [0, 0.05) is 26.2 Å². The van der Waals surface area contributed by atoms with Gasteiger partial charge in [0.05, 0.1) is 18.6 Å². The number of nitrogens with two attached hydrogens (primary N) is 1. The van der Waals surface area contributed by atoms with E-state index in [1.165, 1.54) is 0 Å². The first-order valence-corrected chi connectivity index (χ1v) is 8.65. The van der Waals surface area contributed by atoms with Crippen LogP contribution in [-0.2, 0) is 9.59 Å². The van der Waals surface area contributed by atoms with E-state index in [9.17, 15) is 9.59 Å². The number of piperazine rings is 1. The van der Waals surface area contributed by atoms with Crippen molar-refractivity contribution in [3.05, 3.63) is 11.7 Å². The summed E-state index contributed by atoms with van der Waals surface area (Å²) in [6.45, 7) is 10.2. The Bertz CT molecular complexity index is 594. The van der Waals surface area contributed by atoms with Crippen LogP contribution in [-0.4, -0.2) is 70.5 Å². The number of carbonyl (C=O) groups is 2. The molecule has 9 nitrogen and oxygen atoms in total. The molecule has 9 heteroatoms. The summed E-state index contributed by atoms with van der Waals surface area (Å²) in [6, 6.07) is -0.578. The molecule has 0 saturated carbocycles. The second-order valence-electron chi connectivity index (χ2n) is 6.76. The fourth-order valence-electron chi connectivity index (χ4n) is 2.69. The Morgan fingerprint density at radius 2 is 1.88 bits per heavy atom. The lowest BCUT2D eigenvalue weighted by Crippen LogP contribution is -2.53. The number of nitrogens with one attached hydrogen (secondary N) is 1. The van der Waals surface area contributed by atoms with E-state index in [-0.39, 0.29) is 30.3 Å². The first kappa shape index (κ1) is 19.3. The number of amides is 2. The SMILES string of the molecule is Cc1noc(C(C)N2CCN(C(=O)CNC(=O)[C@@H](N)C(C)C)CC2)n1. The standard InChI is InChI=1S/C16H28N6O3/c1-10(2)14(17)15(24)18-9-13(23)22-7-5-21(6-8-22)11(3)16-19-12(4)20-25-16/h10-11,14H,5-9,17H2,1-4H3,(H,18,24)/t11?,14-/m0/s1. The lowest BCUT2D eigenvalue weighted by atomic mass is 10.1. The Morgan fingerprint density at radius 1 is 1.24 bits per heavy atom. The first-order valence-electron chi connectivity index (χ1n) is 8.65. The third-order valence-electron chi connectivity index (χ3n) is 4.55. The van der Waals surface area contributed by atoms with E-state index < -0.39 is 6.04 Å². The van der Waals surface area contributed by atoms with Crippen molar-refractivity contribution in [1.82, 2.24) is 25.3 Å². The molecule has 0 aromatic carbocycles. The van der Waals surface area contributed by atoms with Crippen molar-refractivity contribution in [2.45, 2.75) is 39.8 Å². The van der Waals surface area contributed by atoms with Gasteiger partial charge < -0.3 is 20.5 Å². The largest absolute Gasteiger partial charge is 0.346 e. The second-order valence-corrected chi connectivity index (χ2v) is 6.76. The molecular weight excluding hydrogens is 324 g/mol. The maximum Gasteiger partial charge on any atom is 0.243 e. The van der Waals surface area contributed by atoms with Gasteiger partial charge in [-0.05, 0) is 19.8 Å². The average Bonchev–Trinajstić information content (AvgIpc) is 3.04. The molecular formula is C16H28N6O3.